The first-order valence-electron chi connectivity index (χ1n) is 19.5. The van der Waals surface area contributed by atoms with Crippen LogP contribution >= 0.6 is 0 Å². The third-order valence-electron chi connectivity index (χ3n) is 13.8. The van der Waals surface area contributed by atoms with E-state index in [1.807, 2.05) is 0 Å². The van der Waals surface area contributed by atoms with E-state index in [9.17, 15) is 0 Å². The van der Waals surface area contributed by atoms with Crippen LogP contribution in [-0.2, 0) is 0 Å². The summed E-state index contributed by atoms with van der Waals surface area (Å²) in [4.78, 5) is 0. The Morgan fingerprint density at radius 2 is 1.10 bits per heavy atom. The number of rotatable bonds is 4. The second-order valence-corrected chi connectivity index (χ2v) is 16.8. The Morgan fingerprint density at radius 1 is 0.442 bits per heavy atom. The Balaban J connectivity index is 1.03. The molecule has 1 atom stereocenters. The fourth-order valence-electron chi connectivity index (χ4n) is 12.3. The number of hydrogen-bond donors (Lipinski definition) is 0. The minimum absolute atomic E-state index is 0.442. The summed E-state index contributed by atoms with van der Waals surface area (Å²) in [5.41, 5.74) is 15.3. The number of fused-ring (bicyclic) bond motifs is 8. The van der Waals surface area contributed by atoms with Crippen molar-refractivity contribution >= 4 is 32.6 Å². The largest absolute Gasteiger partial charge is 0.309 e. The van der Waals surface area contributed by atoms with Gasteiger partial charge in [0.05, 0.1) is 11.0 Å². The van der Waals surface area contributed by atoms with E-state index in [1.54, 1.807) is 11.1 Å². The maximum atomic E-state index is 2.54. The standard InChI is InChI=1S/C51H41N/c1-2-9-35(10-3-1)37-12-8-13-40(26-37)52-47-21-19-39(28-46(47)49-41-14-5-4-11-36(41)18-22-48(49)52)38-17-20-44-45(27-38)42-15-6-7-16-43(42)50(44)51-29-32-23-33(30-51)25-34(24-32)31-51/h1-22,26-28,32-34,50H,23-25,29-31H2. The van der Waals surface area contributed by atoms with E-state index in [2.05, 4.69) is 156 Å². The van der Waals surface area contributed by atoms with Crippen LogP contribution in [0.2, 0.25) is 0 Å². The van der Waals surface area contributed by atoms with E-state index in [0.29, 0.717) is 11.3 Å². The van der Waals surface area contributed by atoms with Gasteiger partial charge in [-0.05, 0) is 153 Å². The maximum Gasteiger partial charge on any atom is 0.0547 e. The molecule has 0 N–H and O–H groups in total. The van der Waals surface area contributed by atoms with Crippen molar-refractivity contribution in [2.24, 2.45) is 23.2 Å². The lowest BCUT2D eigenvalue weighted by Crippen LogP contribution is -2.48. The third-order valence-corrected chi connectivity index (χ3v) is 13.8. The molecule has 1 aromatic heterocycles. The van der Waals surface area contributed by atoms with Gasteiger partial charge in [-0.25, -0.2) is 0 Å². The van der Waals surface area contributed by atoms with Crippen LogP contribution in [-0.4, -0.2) is 4.57 Å². The highest BCUT2D eigenvalue weighted by Crippen LogP contribution is 2.68. The van der Waals surface area contributed by atoms with E-state index < -0.39 is 0 Å². The van der Waals surface area contributed by atoms with Crippen LogP contribution in [0.5, 0.6) is 0 Å². The van der Waals surface area contributed by atoms with Crippen molar-refractivity contribution in [3.63, 3.8) is 0 Å². The second-order valence-electron chi connectivity index (χ2n) is 16.8. The van der Waals surface area contributed by atoms with Crippen LogP contribution in [0.4, 0.5) is 0 Å². The molecule has 1 heterocycles. The topological polar surface area (TPSA) is 4.93 Å². The van der Waals surface area contributed by atoms with Gasteiger partial charge in [0.1, 0.15) is 0 Å². The molecule has 4 bridgehead atoms. The van der Waals surface area contributed by atoms with E-state index >= 15 is 0 Å². The number of hydrogen-bond acceptors (Lipinski definition) is 0. The fraction of sp³-hybridized carbons (Fsp3) is 0.216. The Hall–Kier alpha value is -5.40. The molecule has 5 aliphatic rings. The first-order chi connectivity index (χ1) is 25.7. The molecule has 0 radical (unpaired) electrons. The molecule has 0 aliphatic heterocycles. The molecule has 0 amide bonds. The SMILES string of the molecule is c1ccc(-c2cccc(-n3c4ccc(-c5ccc6c(c5)-c5ccccc5C6C56CC7CC(CC(C7)C5)C6)cc4c4c5ccccc5ccc43)c2)cc1. The normalized spacial score (nSPS) is 24.2. The fourth-order valence-corrected chi connectivity index (χ4v) is 12.3. The molecule has 13 rings (SSSR count). The lowest BCUT2D eigenvalue weighted by Gasteiger charge is -2.59. The average molecular weight is 668 g/mol. The summed E-state index contributed by atoms with van der Waals surface area (Å²) in [6, 6.07) is 57.4. The van der Waals surface area contributed by atoms with Gasteiger partial charge in [0.25, 0.3) is 0 Å². The predicted molar refractivity (Wildman–Crippen MR) is 217 cm³/mol. The van der Waals surface area contributed by atoms with Crippen molar-refractivity contribution in [3.8, 4) is 39.1 Å². The Bertz CT molecular complexity index is 2690. The molecule has 4 fully saturated rings. The van der Waals surface area contributed by atoms with Gasteiger partial charge in [0.15, 0.2) is 0 Å². The van der Waals surface area contributed by atoms with Gasteiger partial charge >= 0.3 is 0 Å². The van der Waals surface area contributed by atoms with Crippen LogP contribution in [0.1, 0.15) is 55.6 Å². The lowest BCUT2D eigenvalue weighted by atomic mass is 9.45. The zero-order chi connectivity index (χ0) is 34.0. The Morgan fingerprint density at radius 3 is 1.94 bits per heavy atom. The van der Waals surface area contributed by atoms with Crippen molar-refractivity contribution in [2.75, 3.05) is 0 Å². The number of aromatic nitrogens is 1. The first-order valence-corrected chi connectivity index (χ1v) is 19.5. The zero-order valence-electron chi connectivity index (χ0n) is 29.4. The van der Waals surface area contributed by atoms with Gasteiger partial charge in [0, 0.05) is 22.4 Å². The lowest BCUT2D eigenvalue weighted by molar-refractivity contribution is -0.0612. The van der Waals surface area contributed by atoms with Gasteiger partial charge in [-0.2, -0.15) is 0 Å². The van der Waals surface area contributed by atoms with Crippen LogP contribution in [0.15, 0.2) is 152 Å². The zero-order valence-corrected chi connectivity index (χ0v) is 29.4. The summed E-state index contributed by atoms with van der Waals surface area (Å²) in [7, 11) is 0. The van der Waals surface area contributed by atoms with Crippen molar-refractivity contribution < 1.29 is 0 Å². The average Bonchev–Trinajstić information content (AvgIpc) is 3.71. The van der Waals surface area contributed by atoms with Crippen molar-refractivity contribution in [1.29, 1.82) is 0 Å². The summed E-state index contributed by atoms with van der Waals surface area (Å²) < 4.78 is 2.47. The molecule has 1 heteroatoms. The van der Waals surface area contributed by atoms with E-state index in [1.165, 1.54) is 110 Å². The highest BCUT2D eigenvalue weighted by molar-refractivity contribution is 6.22. The van der Waals surface area contributed by atoms with Crippen molar-refractivity contribution in [2.45, 2.75) is 44.4 Å². The van der Waals surface area contributed by atoms with Crippen LogP contribution in [0, 0.1) is 23.2 Å². The molecule has 4 saturated carbocycles. The Labute approximate surface area is 305 Å². The second kappa shape index (κ2) is 10.8. The molecule has 5 aliphatic carbocycles. The third kappa shape index (κ3) is 4.17. The molecular formula is C51H41N. The minimum Gasteiger partial charge on any atom is -0.309 e. The molecular weight excluding hydrogens is 627 g/mol. The molecule has 0 saturated heterocycles. The monoisotopic (exact) mass is 667 g/mol. The van der Waals surface area contributed by atoms with Gasteiger partial charge in [0.2, 0.25) is 0 Å². The highest BCUT2D eigenvalue weighted by Gasteiger charge is 2.56. The van der Waals surface area contributed by atoms with Gasteiger partial charge in [-0.1, -0.05) is 115 Å². The summed E-state index contributed by atoms with van der Waals surface area (Å²) in [6.45, 7) is 0. The van der Waals surface area contributed by atoms with Gasteiger partial charge < -0.3 is 4.57 Å². The molecule has 250 valence electrons. The summed E-state index contributed by atoms with van der Waals surface area (Å²) in [6.07, 6.45) is 8.77. The molecule has 7 aromatic carbocycles. The highest BCUT2D eigenvalue weighted by atomic mass is 15.0. The minimum atomic E-state index is 0.442. The van der Waals surface area contributed by atoms with E-state index in [4.69, 9.17) is 0 Å². The smallest absolute Gasteiger partial charge is 0.0547 e. The summed E-state index contributed by atoms with van der Waals surface area (Å²) >= 11 is 0. The molecule has 1 nitrogen and oxygen atoms in total. The predicted octanol–water partition coefficient (Wildman–Crippen LogP) is 13.6. The molecule has 8 aromatic rings. The van der Waals surface area contributed by atoms with Crippen molar-refractivity contribution in [1.82, 2.24) is 4.57 Å². The van der Waals surface area contributed by atoms with Crippen LogP contribution in [0.25, 0.3) is 71.6 Å². The molecule has 52 heavy (non-hydrogen) atoms. The van der Waals surface area contributed by atoms with Crippen LogP contribution < -0.4 is 0 Å². The van der Waals surface area contributed by atoms with E-state index in [0.717, 1.165) is 17.8 Å². The maximum absolute atomic E-state index is 2.54. The Kier molecular flexibility index (Phi) is 6.07. The first kappa shape index (κ1) is 29.2. The molecule has 0 spiro atoms. The summed E-state index contributed by atoms with van der Waals surface area (Å²) in [5.74, 6) is 3.40. The number of benzene rings is 7. The van der Waals surface area contributed by atoms with Crippen molar-refractivity contribution in [3.05, 3.63) is 163 Å². The number of nitrogens with zero attached hydrogens (tertiary/aromatic N) is 1. The van der Waals surface area contributed by atoms with Crippen LogP contribution in [0.3, 0.4) is 0 Å². The van der Waals surface area contributed by atoms with E-state index in [-0.39, 0.29) is 0 Å². The van der Waals surface area contributed by atoms with Gasteiger partial charge in [-0.15, -0.1) is 0 Å². The quantitative estimate of drug-likeness (QED) is 0.176. The molecule has 1 unspecified atom stereocenters. The summed E-state index contributed by atoms with van der Waals surface area (Å²) in [5, 5.41) is 5.22. The van der Waals surface area contributed by atoms with Gasteiger partial charge in [-0.3, -0.25) is 0 Å².